The molecule has 31 heavy (non-hydrogen) atoms. The first-order valence-electron chi connectivity index (χ1n) is 8.97. The van der Waals surface area contributed by atoms with Crippen LogP contribution in [0.5, 0.6) is 0 Å². The lowest BCUT2D eigenvalue weighted by atomic mass is 10.0. The molecule has 1 aliphatic heterocycles. The first-order chi connectivity index (χ1) is 14.6. The van der Waals surface area contributed by atoms with Crippen LogP contribution in [0.4, 0.5) is 11.4 Å². The van der Waals surface area contributed by atoms with Crippen molar-refractivity contribution in [1.29, 1.82) is 0 Å². The van der Waals surface area contributed by atoms with Crippen LogP contribution in [-0.2, 0) is 29.1 Å². The second-order valence-electron chi connectivity index (χ2n) is 6.58. The summed E-state index contributed by atoms with van der Waals surface area (Å²) in [4.78, 5) is 35.5. The van der Waals surface area contributed by atoms with Gasteiger partial charge in [-0.1, -0.05) is 24.3 Å². The number of allylic oxidation sites excluding steroid dienone is 1. The number of cyclic esters (lactones) is 2. The highest BCUT2D eigenvalue weighted by Crippen LogP contribution is 2.27. The van der Waals surface area contributed by atoms with Crippen molar-refractivity contribution in [2.45, 2.75) is 18.7 Å². The molecule has 0 saturated carbocycles. The zero-order valence-electron chi connectivity index (χ0n) is 16.5. The van der Waals surface area contributed by atoms with Crippen LogP contribution in [0.15, 0.2) is 82.1 Å². The fourth-order valence-corrected chi connectivity index (χ4v) is 3.97. The number of ketones is 1. The third kappa shape index (κ3) is 4.64. The van der Waals surface area contributed by atoms with Gasteiger partial charge in [0.05, 0.1) is 10.6 Å². The van der Waals surface area contributed by atoms with Gasteiger partial charge in [0.25, 0.3) is 10.0 Å². The maximum Gasteiger partial charge on any atom is 0.353 e. The van der Waals surface area contributed by atoms with Gasteiger partial charge in [-0.15, -0.1) is 0 Å². The summed E-state index contributed by atoms with van der Waals surface area (Å²) in [6.45, 7) is 2.49. The number of ether oxygens (including phenoxy) is 1. The van der Waals surface area contributed by atoms with Gasteiger partial charge in [-0.05, 0) is 44.2 Å². The average Bonchev–Trinajstić information content (AvgIpc) is 2.67. The standard InChI is InChI=1S/C21H18N2O7S/c1-12(17-19(25)18(13(2)24)21(27)30-20(17)26)22-14-7-6-8-15(11-14)23-31(28,29)16-9-4-3-5-10-16/h3-11,22-23,25H,1-2H3/b17-12-. The third-order valence-corrected chi connectivity index (χ3v) is 5.69. The van der Waals surface area contributed by atoms with Crippen LogP contribution >= 0.6 is 0 Å². The molecule has 0 spiro atoms. The normalized spacial score (nSPS) is 15.9. The highest BCUT2D eigenvalue weighted by Gasteiger charge is 2.36. The van der Waals surface area contributed by atoms with Crippen LogP contribution in [0.1, 0.15) is 13.8 Å². The molecule has 3 N–H and O–H groups in total. The van der Waals surface area contributed by atoms with Crippen molar-refractivity contribution < 1.29 is 32.6 Å². The second-order valence-corrected chi connectivity index (χ2v) is 8.26. The van der Waals surface area contributed by atoms with E-state index in [1.165, 1.54) is 31.2 Å². The molecular weight excluding hydrogens is 424 g/mol. The SMILES string of the molecule is CC(=O)C1=C(O)/C(=C(\C)Nc2cccc(NS(=O)(=O)c3ccccc3)c2)C(=O)OC1=O. The van der Waals surface area contributed by atoms with E-state index in [9.17, 15) is 27.9 Å². The molecule has 10 heteroatoms. The van der Waals surface area contributed by atoms with Gasteiger partial charge in [-0.25, -0.2) is 18.0 Å². The molecule has 160 valence electrons. The number of hydrogen-bond acceptors (Lipinski definition) is 8. The van der Waals surface area contributed by atoms with Gasteiger partial charge >= 0.3 is 11.9 Å². The van der Waals surface area contributed by atoms with Crippen molar-refractivity contribution >= 4 is 39.1 Å². The number of nitrogens with one attached hydrogen (secondary N) is 2. The molecule has 0 bridgehead atoms. The Morgan fingerprint density at radius 2 is 1.58 bits per heavy atom. The third-order valence-electron chi connectivity index (χ3n) is 4.29. The lowest BCUT2D eigenvalue weighted by Crippen LogP contribution is -2.29. The number of aliphatic hydroxyl groups excluding tert-OH is 1. The van der Waals surface area contributed by atoms with Gasteiger partial charge in [0.2, 0.25) is 0 Å². The maximum absolute atomic E-state index is 12.5. The highest BCUT2D eigenvalue weighted by atomic mass is 32.2. The van der Waals surface area contributed by atoms with E-state index in [0.29, 0.717) is 5.69 Å². The zero-order valence-corrected chi connectivity index (χ0v) is 17.3. The number of esters is 2. The van der Waals surface area contributed by atoms with Gasteiger partial charge in [-0.2, -0.15) is 0 Å². The van der Waals surface area contributed by atoms with Crippen LogP contribution in [0.25, 0.3) is 0 Å². The molecule has 3 rings (SSSR count). The number of aliphatic hydroxyl groups is 1. The van der Waals surface area contributed by atoms with Crippen LogP contribution in [-0.4, -0.2) is 31.2 Å². The Morgan fingerprint density at radius 1 is 0.935 bits per heavy atom. The second kappa shape index (κ2) is 8.44. The van der Waals surface area contributed by atoms with Gasteiger partial charge in [0.15, 0.2) is 5.78 Å². The van der Waals surface area contributed by atoms with E-state index in [1.54, 1.807) is 30.3 Å². The molecule has 1 heterocycles. The molecule has 1 aliphatic rings. The maximum atomic E-state index is 12.5. The van der Waals surface area contributed by atoms with Gasteiger partial charge in [-0.3, -0.25) is 9.52 Å². The van der Waals surface area contributed by atoms with Gasteiger partial charge in [0.1, 0.15) is 16.9 Å². The van der Waals surface area contributed by atoms with Crippen LogP contribution in [0.2, 0.25) is 0 Å². The molecule has 9 nitrogen and oxygen atoms in total. The lowest BCUT2D eigenvalue weighted by Gasteiger charge is -2.18. The minimum atomic E-state index is -3.81. The molecule has 0 unspecified atom stereocenters. The first kappa shape index (κ1) is 21.8. The Kier molecular flexibility index (Phi) is 5.93. The van der Waals surface area contributed by atoms with Crippen LogP contribution in [0.3, 0.4) is 0 Å². The van der Waals surface area contributed by atoms with Crippen LogP contribution in [0, 0.1) is 0 Å². The summed E-state index contributed by atoms with van der Waals surface area (Å²) >= 11 is 0. The number of carbonyl (C=O) groups excluding carboxylic acids is 3. The molecule has 0 amide bonds. The summed E-state index contributed by atoms with van der Waals surface area (Å²) in [5.74, 6) is -3.86. The molecule has 0 fully saturated rings. The van der Waals surface area contributed by atoms with E-state index in [4.69, 9.17) is 0 Å². The van der Waals surface area contributed by atoms with E-state index >= 15 is 0 Å². The topological polar surface area (TPSA) is 139 Å². The van der Waals surface area contributed by atoms with E-state index in [0.717, 1.165) is 6.92 Å². The summed E-state index contributed by atoms with van der Waals surface area (Å²) < 4.78 is 32.0. The minimum absolute atomic E-state index is 0.0908. The fourth-order valence-electron chi connectivity index (χ4n) is 2.90. The minimum Gasteiger partial charge on any atom is -0.506 e. The molecule has 2 aromatic rings. The number of hydrogen-bond donors (Lipinski definition) is 3. The van der Waals surface area contributed by atoms with Crippen molar-refractivity contribution in [2.24, 2.45) is 0 Å². The molecule has 0 aliphatic carbocycles. The monoisotopic (exact) mass is 442 g/mol. The molecule has 0 aromatic heterocycles. The summed E-state index contributed by atoms with van der Waals surface area (Å²) in [5.41, 5.74) is -0.283. The van der Waals surface area contributed by atoms with Crippen molar-refractivity contribution in [1.82, 2.24) is 0 Å². The predicted molar refractivity (Wildman–Crippen MR) is 111 cm³/mol. The van der Waals surface area contributed by atoms with E-state index in [-0.39, 0.29) is 21.9 Å². The van der Waals surface area contributed by atoms with Crippen molar-refractivity contribution in [3.63, 3.8) is 0 Å². The predicted octanol–water partition coefficient (Wildman–Crippen LogP) is 2.66. The summed E-state index contributed by atoms with van der Waals surface area (Å²) in [6.07, 6.45) is 0. The number of rotatable bonds is 6. The Morgan fingerprint density at radius 3 is 2.23 bits per heavy atom. The summed E-state index contributed by atoms with van der Waals surface area (Å²) in [7, 11) is -3.81. The number of benzene rings is 2. The molecule has 2 aromatic carbocycles. The number of carbonyl (C=O) groups is 3. The molecule has 0 saturated heterocycles. The summed E-state index contributed by atoms with van der Waals surface area (Å²) in [5, 5.41) is 13.1. The largest absolute Gasteiger partial charge is 0.506 e. The average molecular weight is 442 g/mol. The fraction of sp³-hybridized carbons (Fsp3) is 0.0952. The van der Waals surface area contributed by atoms with Crippen molar-refractivity contribution in [2.75, 3.05) is 10.0 Å². The Labute approximate surface area is 178 Å². The Balaban J connectivity index is 1.91. The molecule has 0 radical (unpaired) electrons. The van der Waals surface area contributed by atoms with E-state index < -0.39 is 39.1 Å². The lowest BCUT2D eigenvalue weighted by molar-refractivity contribution is -0.155. The van der Waals surface area contributed by atoms with E-state index in [2.05, 4.69) is 14.8 Å². The zero-order chi connectivity index (χ0) is 22.8. The van der Waals surface area contributed by atoms with Crippen LogP contribution < -0.4 is 10.0 Å². The van der Waals surface area contributed by atoms with E-state index in [1.807, 2.05) is 0 Å². The number of sulfonamides is 1. The Hall–Kier alpha value is -3.92. The highest BCUT2D eigenvalue weighted by molar-refractivity contribution is 7.92. The number of Topliss-reactive ketones (excluding diaryl/α,β-unsaturated/α-hetero) is 1. The first-order valence-corrected chi connectivity index (χ1v) is 10.5. The Bertz CT molecular complexity index is 1250. The molecular formula is C21H18N2O7S. The quantitative estimate of drug-likeness (QED) is 0.269. The van der Waals surface area contributed by atoms with Gasteiger partial charge in [0, 0.05) is 11.4 Å². The summed E-state index contributed by atoms with van der Waals surface area (Å²) in [6, 6.07) is 14.0. The van der Waals surface area contributed by atoms with Crippen molar-refractivity contribution in [3.05, 3.63) is 77.2 Å². The van der Waals surface area contributed by atoms with Crippen molar-refractivity contribution in [3.8, 4) is 0 Å². The number of anilines is 2. The smallest absolute Gasteiger partial charge is 0.353 e. The molecule has 0 atom stereocenters. The van der Waals surface area contributed by atoms with Gasteiger partial charge < -0.3 is 15.2 Å².